The Morgan fingerprint density at radius 2 is 2.27 bits per heavy atom. The molecule has 0 saturated heterocycles. The number of nitrogens with zero attached hydrogens (tertiary/aromatic N) is 2. The number of anilines is 2. The predicted octanol–water partition coefficient (Wildman–Crippen LogP) is 1.85. The highest BCUT2D eigenvalue weighted by Crippen LogP contribution is 2.16. The monoisotopic (exact) mass is 208 g/mol. The van der Waals surface area contributed by atoms with Crippen molar-refractivity contribution in [1.29, 1.82) is 0 Å². The number of hydrazine groups is 1. The molecule has 1 rings (SSSR count). The van der Waals surface area contributed by atoms with Crippen LogP contribution in [0.5, 0.6) is 0 Å². The number of rotatable bonds is 5. The molecule has 1 aromatic heterocycles. The normalized spacial score (nSPS) is 10.5. The van der Waals surface area contributed by atoms with Crippen LogP contribution in [0, 0.1) is 5.92 Å². The van der Waals surface area contributed by atoms with E-state index in [1.54, 1.807) is 6.20 Å². The van der Waals surface area contributed by atoms with Crippen molar-refractivity contribution in [1.82, 2.24) is 4.98 Å². The Morgan fingerprint density at radius 3 is 2.87 bits per heavy atom. The van der Waals surface area contributed by atoms with Crippen molar-refractivity contribution in [3.05, 3.63) is 18.3 Å². The first kappa shape index (κ1) is 11.8. The maximum Gasteiger partial charge on any atom is 0.141 e. The maximum atomic E-state index is 5.31. The van der Waals surface area contributed by atoms with Crippen molar-refractivity contribution in [2.24, 2.45) is 11.8 Å². The number of hydrogen-bond donors (Lipinski definition) is 2. The Kier molecular flexibility index (Phi) is 4.37. The number of nitrogens with one attached hydrogen (secondary N) is 1. The van der Waals surface area contributed by atoms with Gasteiger partial charge in [-0.15, -0.1) is 0 Å². The SMILES string of the molecule is CC(C)CCN(C)c1ccnc(NN)c1. The van der Waals surface area contributed by atoms with Crippen molar-refractivity contribution in [3.63, 3.8) is 0 Å². The van der Waals surface area contributed by atoms with Crippen LogP contribution in [0.3, 0.4) is 0 Å². The summed E-state index contributed by atoms with van der Waals surface area (Å²) in [5.74, 6) is 6.73. The van der Waals surface area contributed by atoms with Crippen LogP contribution in [0.4, 0.5) is 11.5 Å². The molecule has 0 bridgehead atoms. The number of aromatic nitrogens is 1. The Bertz CT molecular complexity index is 298. The molecule has 15 heavy (non-hydrogen) atoms. The summed E-state index contributed by atoms with van der Waals surface area (Å²) in [6.07, 6.45) is 2.95. The molecule has 0 saturated carbocycles. The summed E-state index contributed by atoms with van der Waals surface area (Å²) in [5, 5.41) is 0. The molecule has 0 aliphatic carbocycles. The Labute approximate surface area is 91.5 Å². The molecule has 0 radical (unpaired) electrons. The molecule has 0 spiro atoms. The number of nitrogen functional groups attached to an aromatic ring is 1. The molecule has 84 valence electrons. The molecule has 0 aliphatic heterocycles. The first-order valence-corrected chi connectivity index (χ1v) is 5.27. The zero-order valence-electron chi connectivity index (χ0n) is 9.70. The lowest BCUT2D eigenvalue weighted by Gasteiger charge is -2.20. The number of pyridine rings is 1. The van der Waals surface area contributed by atoms with Gasteiger partial charge >= 0.3 is 0 Å². The Morgan fingerprint density at radius 1 is 1.53 bits per heavy atom. The van der Waals surface area contributed by atoms with Crippen molar-refractivity contribution in [2.75, 3.05) is 23.9 Å². The summed E-state index contributed by atoms with van der Waals surface area (Å²) >= 11 is 0. The van der Waals surface area contributed by atoms with Crippen LogP contribution in [-0.2, 0) is 0 Å². The second-order valence-electron chi connectivity index (χ2n) is 4.15. The van der Waals surface area contributed by atoms with Crippen LogP contribution >= 0.6 is 0 Å². The van der Waals surface area contributed by atoms with E-state index in [1.807, 2.05) is 12.1 Å². The molecule has 0 fully saturated rings. The van der Waals surface area contributed by atoms with Gasteiger partial charge in [-0.1, -0.05) is 13.8 Å². The van der Waals surface area contributed by atoms with E-state index in [-0.39, 0.29) is 0 Å². The van der Waals surface area contributed by atoms with E-state index in [9.17, 15) is 0 Å². The topological polar surface area (TPSA) is 54.2 Å². The van der Waals surface area contributed by atoms with Crippen LogP contribution in [0.15, 0.2) is 18.3 Å². The van der Waals surface area contributed by atoms with Crippen molar-refractivity contribution >= 4 is 11.5 Å². The molecule has 1 heterocycles. The molecule has 4 heteroatoms. The lowest BCUT2D eigenvalue weighted by molar-refractivity contribution is 0.585. The van der Waals surface area contributed by atoms with E-state index in [0.717, 1.165) is 18.2 Å². The first-order chi connectivity index (χ1) is 7.13. The zero-order chi connectivity index (χ0) is 11.3. The molecular formula is C11H20N4. The highest BCUT2D eigenvalue weighted by molar-refractivity contribution is 5.52. The number of hydrogen-bond acceptors (Lipinski definition) is 4. The molecule has 3 N–H and O–H groups in total. The fraction of sp³-hybridized carbons (Fsp3) is 0.545. The fourth-order valence-electron chi connectivity index (χ4n) is 1.32. The highest BCUT2D eigenvalue weighted by atomic mass is 15.2. The maximum absolute atomic E-state index is 5.31. The van der Waals surface area contributed by atoms with Gasteiger partial charge in [0.1, 0.15) is 5.82 Å². The lowest BCUT2D eigenvalue weighted by atomic mass is 10.1. The summed E-state index contributed by atoms with van der Waals surface area (Å²) < 4.78 is 0. The van der Waals surface area contributed by atoms with E-state index < -0.39 is 0 Å². The van der Waals surface area contributed by atoms with Gasteiger partial charge in [-0.25, -0.2) is 10.8 Å². The second-order valence-corrected chi connectivity index (χ2v) is 4.15. The van der Waals surface area contributed by atoms with Gasteiger partial charge in [-0.05, 0) is 18.4 Å². The van der Waals surface area contributed by atoms with Gasteiger partial charge < -0.3 is 10.3 Å². The summed E-state index contributed by atoms with van der Waals surface area (Å²) in [6, 6.07) is 3.93. The lowest BCUT2D eigenvalue weighted by Crippen LogP contribution is -2.20. The standard InChI is InChI=1S/C11H20N4/c1-9(2)5-7-15(3)10-4-6-13-11(8-10)14-12/h4,6,8-9H,5,7,12H2,1-3H3,(H,13,14). The molecular weight excluding hydrogens is 188 g/mol. The summed E-state index contributed by atoms with van der Waals surface area (Å²) in [7, 11) is 2.08. The van der Waals surface area contributed by atoms with Gasteiger partial charge in [-0.3, -0.25) is 0 Å². The third-order valence-electron chi connectivity index (χ3n) is 2.37. The minimum absolute atomic E-state index is 0.698. The predicted molar refractivity (Wildman–Crippen MR) is 64.8 cm³/mol. The average molecular weight is 208 g/mol. The minimum atomic E-state index is 0.698. The second kappa shape index (κ2) is 5.56. The molecule has 0 aliphatic rings. The molecule has 0 unspecified atom stereocenters. The highest BCUT2D eigenvalue weighted by Gasteiger charge is 2.03. The van der Waals surface area contributed by atoms with Gasteiger partial charge in [0, 0.05) is 31.5 Å². The van der Waals surface area contributed by atoms with E-state index in [2.05, 4.69) is 36.2 Å². The Hall–Kier alpha value is -1.29. The number of nitrogens with two attached hydrogens (primary N) is 1. The molecule has 0 atom stereocenters. The largest absolute Gasteiger partial charge is 0.374 e. The first-order valence-electron chi connectivity index (χ1n) is 5.27. The van der Waals surface area contributed by atoms with Gasteiger partial charge in [-0.2, -0.15) is 0 Å². The molecule has 1 aromatic rings. The summed E-state index contributed by atoms with van der Waals surface area (Å²) in [5.41, 5.74) is 3.69. The molecule has 0 aromatic carbocycles. The van der Waals surface area contributed by atoms with Crippen molar-refractivity contribution < 1.29 is 0 Å². The van der Waals surface area contributed by atoms with Crippen LogP contribution in [0.2, 0.25) is 0 Å². The minimum Gasteiger partial charge on any atom is -0.374 e. The third-order valence-corrected chi connectivity index (χ3v) is 2.37. The van der Waals surface area contributed by atoms with Gasteiger partial charge in [0.2, 0.25) is 0 Å². The molecule has 4 nitrogen and oxygen atoms in total. The quantitative estimate of drug-likeness (QED) is 0.573. The zero-order valence-corrected chi connectivity index (χ0v) is 9.70. The average Bonchev–Trinajstić information content (AvgIpc) is 2.26. The van der Waals surface area contributed by atoms with Gasteiger partial charge in [0.15, 0.2) is 0 Å². The van der Waals surface area contributed by atoms with Crippen molar-refractivity contribution in [2.45, 2.75) is 20.3 Å². The van der Waals surface area contributed by atoms with Gasteiger partial charge in [0.25, 0.3) is 0 Å². The van der Waals surface area contributed by atoms with Crippen LogP contribution in [-0.4, -0.2) is 18.6 Å². The van der Waals surface area contributed by atoms with Crippen molar-refractivity contribution in [3.8, 4) is 0 Å². The smallest absolute Gasteiger partial charge is 0.141 e. The van der Waals surface area contributed by atoms with E-state index in [4.69, 9.17) is 5.84 Å². The van der Waals surface area contributed by atoms with Crippen LogP contribution in [0.1, 0.15) is 20.3 Å². The van der Waals surface area contributed by atoms with E-state index >= 15 is 0 Å². The van der Waals surface area contributed by atoms with E-state index in [0.29, 0.717) is 5.82 Å². The summed E-state index contributed by atoms with van der Waals surface area (Å²) in [6.45, 7) is 5.51. The van der Waals surface area contributed by atoms with Crippen LogP contribution < -0.4 is 16.2 Å². The van der Waals surface area contributed by atoms with Crippen LogP contribution in [0.25, 0.3) is 0 Å². The molecule has 0 amide bonds. The summed E-state index contributed by atoms with van der Waals surface area (Å²) in [4.78, 5) is 6.28. The fourth-order valence-corrected chi connectivity index (χ4v) is 1.32. The van der Waals surface area contributed by atoms with Gasteiger partial charge in [0.05, 0.1) is 0 Å². The third kappa shape index (κ3) is 3.75. The Balaban J connectivity index is 2.60. The van der Waals surface area contributed by atoms with E-state index in [1.165, 1.54) is 6.42 Å².